The SMILES string of the molecule is CS(=O)(=O)N1CCC(Nc2ncc(C#N)c(-c3cnn(-c4ccc(CNCCOC(F)(F)F)cc4Cl)c3)n2)CC1. The van der Waals surface area contributed by atoms with Crippen molar-refractivity contribution >= 4 is 27.6 Å². The van der Waals surface area contributed by atoms with Gasteiger partial charge < -0.3 is 10.6 Å². The highest BCUT2D eigenvalue weighted by atomic mass is 35.5. The first-order chi connectivity index (χ1) is 18.9. The molecule has 3 heterocycles. The molecule has 0 radical (unpaired) electrons. The molecule has 1 saturated heterocycles. The fourth-order valence-corrected chi connectivity index (χ4v) is 5.33. The van der Waals surface area contributed by atoms with Crippen LogP contribution in [0.25, 0.3) is 16.9 Å². The molecule has 1 aliphatic heterocycles. The first kappa shape index (κ1) is 29.7. The molecule has 4 rings (SSSR count). The van der Waals surface area contributed by atoms with Crippen molar-refractivity contribution in [3.8, 4) is 23.0 Å². The van der Waals surface area contributed by atoms with E-state index in [1.165, 1.54) is 21.4 Å². The first-order valence-corrected chi connectivity index (χ1v) is 14.4. The summed E-state index contributed by atoms with van der Waals surface area (Å²) in [6.07, 6.45) is 2.35. The molecule has 1 aromatic carbocycles. The Balaban J connectivity index is 1.43. The predicted molar refractivity (Wildman–Crippen MR) is 141 cm³/mol. The molecule has 2 N–H and O–H groups in total. The zero-order valence-electron chi connectivity index (χ0n) is 21.3. The number of anilines is 1. The molecule has 0 aliphatic carbocycles. The highest BCUT2D eigenvalue weighted by Crippen LogP contribution is 2.27. The summed E-state index contributed by atoms with van der Waals surface area (Å²) in [7, 11) is -3.23. The number of hydrogen-bond acceptors (Lipinski definition) is 9. The predicted octanol–water partition coefficient (Wildman–Crippen LogP) is 3.32. The van der Waals surface area contributed by atoms with Gasteiger partial charge in [0.1, 0.15) is 6.07 Å². The average molecular weight is 599 g/mol. The number of rotatable bonds is 10. The standard InChI is InChI=1S/C24H26ClF3N8O3S/c1-40(37,38)35-7-4-19(5-8-35)33-23-31-13-17(11-29)22(34-23)18-14-32-36(15-18)21-3-2-16(10-20(21)25)12-30-6-9-39-24(26,27)28/h2-3,10,13-15,19,30H,4-9,12H2,1H3,(H,31,33,34). The average Bonchev–Trinajstić information content (AvgIpc) is 3.37. The fraction of sp³-hybridized carbons (Fsp3) is 0.417. The Morgan fingerprint density at radius 3 is 2.65 bits per heavy atom. The number of nitriles is 1. The van der Waals surface area contributed by atoms with Crippen LogP contribution in [0.2, 0.25) is 5.02 Å². The highest BCUT2D eigenvalue weighted by molar-refractivity contribution is 7.88. The maximum absolute atomic E-state index is 12.1. The lowest BCUT2D eigenvalue weighted by molar-refractivity contribution is -0.323. The summed E-state index contributed by atoms with van der Waals surface area (Å²) in [5, 5.41) is 20.4. The fourth-order valence-electron chi connectivity index (χ4n) is 4.16. The Hall–Kier alpha value is -3.29. The molecule has 16 heteroatoms. The summed E-state index contributed by atoms with van der Waals surface area (Å²) < 4.78 is 66.4. The summed E-state index contributed by atoms with van der Waals surface area (Å²) in [5.74, 6) is 0.315. The van der Waals surface area contributed by atoms with Gasteiger partial charge in [0, 0.05) is 44.0 Å². The number of ether oxygens (including phenoxy) is 1. The number of alkyl halides is 3. The van der Waals surface area contributed by atoms with E-state index in [4.69, 9.17) is 11.6 Å². The van der Waals surface area contributed by atoms with Gasteiger partial charge in [-0.3, -0.25) is 4.74 Å². The Kier molecular flexibility index (Phi) is 9.26. The van der Waals surface area contributed by atoms with E-state index in [1.807, 2.05) is 0 Å². The van der Waals surface area contributed by atoms with Crippen molar-refractivity contribution in [3.63, 3.8) is 0 Å². The number of aromatic nitrogens is 4. The molecule has 0 spiro atoms. The minimum Gasteiger partial charge on any atom is -0.351 e. The van der Waals surface area contributed by atoms with Crippen molar-refractivity contribution < 1.29 is 26.3 Å². The largest absolute Gasteiger partial charge is 0.522 e. The van der Waals surface area contributed by atoms with Crippen molar-refractivity contribution in [2.75, 3.05) is 37.8 Å². The Morgan fingerprint density at radius 1 is 1.25 bits per heavy atom. The molecule has 0 saturated carbocycles. The van der Waals surface area contributed by atoms with Gasteiger partial charge in [-0.2, -0.15) is 10.4 Å². The third-order valence-electron chi connectivity index (χ3n) is 6.15. The maximum Gasteiger partial charge on any atom is 0.522 e. The van der Waals surface area contributed by atoms with Gasteiger partial charge in [-0.05, 0) is 30.5 Å². The van der Waals surface area contributed by atoms with Crippen LogP contribution in [0.1, 0.15) is 24.0 Å². The maximum atomic E-state index is 12.1. The monoisotopic (exact) mass is 598 g/mol. The van der Waals surface area contributed by atoms with Crippen molar-refractivity contribution in [1.82, 2.24) is 29.4 Å². The van der Waals surface area contributed by atoms with E-state index >= 15 is 0 Å². The van der Waals surface area contributed by atoms with E-state index in [2.05, 4.69) is 36.5 Å². The third-order valence-corrected chi connectivity index (χ3v) is 7.76. The van der Waals surface area contributed by atoms with Crippen LogP contribution in [0, 0.1) is 11.3 Å². The Labute approximate surface area is 234 Å². The second-order valence-electron chi connectivity index (χ2n) is 9.08. The minimum atomic E-state index is -4.66. The number of benzene rings is 1. The van der Waals surface area contributed by atoms with Gasteiger partial charge >= 0.3 is 6.36 Å². The molecule has 11 nitrogen and oxygen atoms in total. The van der Waals surface area contributed by atoms with Crippen LogP contribution < -0.4 is 10.6 Å². The lowest BCUT2D eigenvalue weighted by Gasteiger charge is -2.30. The number of hydrogen-bond donors (Lipinski definition) is 2. The van der Waals surface area contributed by atoms with Crippen LogP contribution in [-0.4, -0.2) is 77.4 Å². The van der Waals surface area contributed by atoms with E-state index in [-0.39, 0.29) is 18.2 Å². The Bertz CT molecular complexity index is 1490. The summed E-state index contributed by atoms with van der Waals surface area (Å²) in [4.78, 5) is 8.77. The van der Waals surface area contributed by atoms with E-state index in [9.17, 15) is 26.9 Å². The van der Waals surface area contributed by atoms with Crippen LogP contribution in [0.5, 0.6) is 0 Å². The molecule has 214 valence electrons. The van der Waals surface area contributed by atoms with Crippen LogP contribution in [0.3, 0.4) is 0 Å². The lowest BCUT2D eigenvalue weighted by atomic mass is 10.1. The molecule has 0 atom stereocenters. The number of nitrogens with zero attached hydrogens (tertiary/aromatic N) is 6. The topological polar surface area (TPSA) is 138 Å². The zero-order valence-corrected chi connectivity index (χ0v) is 22.9. The van der Waals surface area contributed by atoms with E-state index in [1.54, 1.807) is 30.6 Å². The quantitative estimate of drug-likeness (QED) is 0.337. The number of halogens is 4. The molecular weight excluding hydrogens is 573 g/mol. The van der Waals surface area contributed by atoms with Gasteiger partial charge in [-0.15, -0.1) is 13.2 Å². The second kappa shape index (κ2) is 12.5. The lowest BCUT2D eigenvalue weighted by Crippen LogP contribution is -2.42. The number of piperidine rings is 1. The van der Waals surface area contributed by atoms with E-state index in [0.717, 1.165) is 5.56 Å². The highest BCUT2D eigenvalue weighted by Gasteiger charge is 2.28. The van der Waals surface area contributed by atoms with Gasteiger partial charge in [0.05, 0.1) is 47.2 Å². The minimum absolute atomic E-state index is 0.0121. The molecular formula is C24H26ClF3N8O3S. The van der Waals surface area contributed by atoms with Crippen molar-refractivity contribution in [2.24, 2.45) is 0 Å². The van der Waals surface area contributed by atoms with Crippen LogP contribution >= 0.6 is 11.6 Å². The van der Waals surface area contributed by atoms with Crippen LogP contribution in [0.4, 0.5) is 19.1 Å². The van der Waals surface area contributed by atoms with Crippen molar-refractivity contribution in [1.29, 1.82) is 5.26 Å². The van der Waals surface area contributed by atoms with E-state index in [0.29, 0.717) is 60.4 Å². The molecule has 0 amide bonds. The van der Waals surface area contributed by atoms with Gasteiger partial charge in [-0.25, -0.2) is 27.4 Å². The van der Waals surface area contributed by atoms with Crippen LogP contribution in [0.15, 0.2) is 36.8 Å². The Morgan fingerprint density at radius 2 is 2.00 bits per heavy atom. The zero-order chi connectivity index (χ0) is 28.9. The number of sulfonamides is 1. The van der Waals surface area contributed by atoms with Gasteiger partial charge in [0.25, 0.3) is 0 Å². The smallest absolute Gasteiger partial charge is 0.351 e. The molecule has 3 aromatic rings. The van der Waals surface area contributed by atoms with Crippen molar-refractivity contribution in [2.45, 2.75) is 31.8 Å². The van der Waals surface area contributed by atoms with Crippen LogP contribution in [-0.2, 0) is 21.3 Å². The molecule has 1 aliphatic rings. The third kappa shape index (κ3) is 7.89. The molecule has 2 aromatic heterocycles. The summed E-state index contributed by atoms with van der Waals surface area (Å²) in [6, 6.07) is 7.23. The van der Waals surface area contributed by atoms with Gasteiger partial charge in [-0.1, -0.05) is 17.7 Å². The molecule has 0 unspecified atom stereocenters. The van der Waals surface area contributed by atoms with E-state index < -0.39 is 23.0 Å². The van der Waals surface area contributed by atoms with Crippen molar-refractivity contribution in [3.05, 3.63) is 52.9 Å². The summed E-state index contributed by atoms with van der Waals surface area (Å²) in [5.41, 5.74) is 2.49. The first-order valence-electron chi connectivity index (χ1n) is 12.2. The molecule has 40 heavy (non-hydrogen) atoms. The second-order valence-corrected chi connectivity index (χ2v) is 11.5. The molecule has 1 fully saturated rings. The molecule has 0 bridgehead atoms. The normalized spacial score (nSPS) is 15.2. The number of nitrogens with one attached hydrogen (secondary N) is 2. The van der Waals surface area contributed by atoms with Gasteiger partial charge in [0.15, 0.2) is 0 Å². The van der Waals surface area contributed by atoms with Gasteiger partial charge in [0.2, 0.25) is 16.0 Å². The summed E-state index contributed by atoms with van der Waals surface area (Å²) >= 11 is 6.46. The summed E-state index contributed by atoms with van der Waals surface area (Å²) in [6.45, 7) is 0.598.